The Hall–Kier alpha value is -1.90. The van der Waals surface area contributed by atoms with Crippen molar-refractivity contribution in [3.05, 3.63) is 41.6 Å². The normalized spacial score (nSPS) is 15.5. The highest BCUT2D eigenvalue weighted by Crippen LogP contribution is 2.38. The van der Waals surface area contributed by atoms with Crippen LogP contribution < -0.4 is 0 Å². The zero-order chi connectivity index (χ0) is 11.7. The van der Waals surface area contributed by atoms with Gasteiger partial charge in [0, 0.05) is 17.2 Å². The predicted octanol–water partition coefficient (Wildman–Crippen LogP) is 3.16. The van der Waals surface area contributed by atoms with E-state index in [-0.39, 0.29) is 0 Å². The van der Waals surface area contributed by atoms with E-state index in [4.69, 9.17) is 0 Å². The van der Waals surface area contributed by atoms with Crippen LogP contribution in [0.4, 0.5) is 0 Å². The Bertz CT molecular complexity index is 526. The van der Waals surface area contributed by atoms with Gasteiger partial charge in [-0.05, 0) is 12.8 Å². The lowest BCUT2D eigenvalue weighted by atomic mass is 9.81. The Labute approximate surface area is 99.9 Å². The van der Waals surface area contributed by atoms with Crippen LogP contribution in [0.25, 0.3) is 11.3 Å². The van der Waals surface area contributed by atoms with Crippen molar-refractivity contribution in [3.8, 4) is 11.3 Å². The van der Waals surface area contributed by atoms with Gasteiger partial charge in [0.05, 0.1) is 5.56 Å². The molecular formula is C14H14N2O. The number of carbonyl (C=O) groups is 1. The fraction of sp³-hybridized carbons (Fsp3) is 0.286. The minimum absolute atomic E-state index is 0.500. The molecule has 1 heterocycles. The molecule has 17 heavy (non-hydrogen) atoms. The van der Waals surface area contributed by atoms with E-state index in [1.807, 2.05) is 30.3 Å². The Morgan fingerprint density at radius 2 is 2.00 bits per heavy atom. The Kier molecular flexibility index (Phi) is 2.52. The highest BCUT2D eigenvalue weighted by atomic mass is 16.1. The van der Waals surface area contributed by atoms with E-state index < -0.39 is 0 Å². The van der Waals surface area contributed by atoms with Gasteiger partial charge in [0.2, 0.25) is 0 Å². The second kappa shape index (κ2) is 4.17. The zero-order valence-electron chi connectivity index (χ0n) is 9.52. The van der Waals surface area contributed by atoms with Crippen LogP contribution in [0.3, 0.4) is 0 Å². The molecule has 3 heteroatoms. The third kappa shape index (κ3) is 1.68. The van der Waals surface area contributed by atoms with Gasteiger partial charge < -0.3 is 0 Å². The van der Waals surface area contributed by atoms with Crippen LogP contribution in [-0.4, -0.2) is 16.5 Å². The van der Waals surface area contributed by atoms with Crippen LogP contribution in [0.5, 0.6) is 0 Å². The summed E-state index contributed by atoms with van der Waals surface area (Å²) in [4.78, 5) is 11.3. The molecule has 1 N–H and O–H groups in total. The quantitative estimate of drug-likeness (QED) is 0.817. The van der Waals surface area contributed by atoms with E-state index in [2.05, 4.69) is 10.2 Å². The average Bonchev–Trinajstić information content (AvgIpc) is 2.71. The molecule has 0 saturated heterocycles. The van der Waals surface area contributed by atoms with E-state index in [1.165, 1.54) is 6.42 Å². The smallest absolute Gasteiger partial charge is 0.154 e. The number of aldehydes is 1. The Morgan fingerprint density at radius 3 is 2.59 bits per heavy atom. The van der Waals surface area contributed by atoms with Gasteiger partial charge in [0.15, 0.2) is 6.29 Å². The van der Waals surface area contributed by atoms with Gasteiger partial charge in [-0.3, -0.25) is 9.89 Å². The number of nitrogens with one attached hydrogen (secondary N) is 1. The number of rotatable bonds is 3. The molecule has 0 amide bonds. The molecule has 3 rings (SSSR count). The second-order valence-electron chi connectivity index (χ2n) is 4.51. The maximum atomic E-state index is 11.3. The first-order chi connectivity index (χ1) is 8.40. The Morgan fingerprint density at radius 1 is 1.24 bits per heavy atom. The second-order valence-corrected chi connectivity index (χ2v) is 4.51. The largest absolute Gasteiger partial charge is 0.298 e. The lowest BCUT2D eigenvalue weighted by molar-refractivity contribution is 0.112. The summed E-state index contributed by atoms with van der Waals surface area (Å²) in [7, 11) is 0. The Balaban J connectivity index is 2.05. The van der Waals surface area contributed by atoms with Gasteiger partial charge in [-0.15, -0.1) is 0 Å². The summed E-state index contributed by atoms with van der Waals surface area (Å²) >= 11 is 0. The summed E-state index contributed by atoms with van der Waals surface area (Å²) in [6.45, 7) is 0. The van der Waals surface area contributed by atoms with E-state index >= 15 is 0 Å². The first-order valence-corrected chi connectivity index (χ1v) is 5.99. The molecule has 0 spiro atoms. The lowest BCUT2D eigenvalue weighted by Gasteiger charge is -2.24. The number of hydrogen-bond acceptors (Lipinski definition) is 2. The number of carbonyl (C=O) groups excluding carboxylic acids is 1. The summed E-state index contributed by atoms with van der Waals surface area (Å²) in [5.41, 5.74) is 3.53. The first kappa shape index (κ1) is 10.3. The fourth-order valence-corrected chi connectivity index (χ4v) is 2.31. The summed E-state index contributed by atoms with van der Waals surface area (Å²) in [6, 6.07) is 9.84. The highest BCUT2D eigenvalue weighted by molar-refractivity contribution is 5.87. The van der Waals surface area contributed by atoms with Crippen LogP contribution >= 0.6 is 0 Å². The standard InChI is InChI=1S/C14H14N2O/c17-9-12-13(10-5-2-1-3-6-10)15-16-14(12)11-7-4-8-11/h1-3,5-6,9,11H,4,7-8H2,(H,15,16). The summed E-state index contributed by atoms with van der Waals surface area (Å²) in [5.74, 6) is 0.500. The minimum Gasteiger partial charge on any atom is -0.298 e. The molecule has 2 aromatic rings. The van der Waals surface area contributed by atoms with Gasteiger partial charge >= 0.3 is 0 Å². The van der Waals surface area contributed by atoms with Crippen molar-refractivity contribution < 1.29 is 4.79 Å². The highest BCUT2D eigenvalue weighted by Gasteiger charge is 2.26. The van der Waals surface area contributed by atoms with Crippen molar-refractivity contribution in [2.24, 2.45) is 0 Å². The van der Waals surface area contributed by atoms with Crippen LogP contribution in [-0.2, 0) is 0 Å². The lowest BCUT2D eigenvalue weighted by Crippen LogP contribution is -2.11. The molecule has 0 unspecified atom stereocenters. The first-order valence-electron chi connectivity index (χ1n) is 5.99. The molecule has 1 fully saturated rings. The molecule has 1 saturated carbocycles. The monoisotopic (exact) mass is 226 g/mol. The predicted molar refractivity (Wildman–Crippen MR) is 66.0 cm³/mol. The van der Waals surface area contributed by atoms with Gasteiger partial charge in [-0.1, -0.05) is 36.8 Å². The van der Waals surface area contributed by atoms with E-state index in [1.54, 1.807) is 0 Å². The maximum absolute atomic E-state index is 11.3. The van der Waals surface area contributed by atoms with Gasteiger partial charge in [0.25, 0.3) is 0 Å². The van der Waals surface area contributed by atoms with Crippen LogP contribution in [0.15, 0.2) is 30.3 Å². The van der Waals surface area contributed by atoms with Gasteiger partial charge in [-0.25, -0.2) is 0 Å². The molecule has 0 radical (unpaired) electrons. The third-order valence-electron chi connectivity index (χ3n) is 3.51. The number of nitrogens with zero attached hydrogens (tertiary/aromatic N) is 1. The maximum Gasteiger partial charge on any atom is 0.154 e. The molecule has 86 valence electrons. The topological polar surface area (TPSA) is 45.8 Å². The number of hydrogen-bond donors (Lipinski definition) is 1. The van der Waals surface area contributed by atoms with Crippen LogP contribution in [0.1, 0.15) is 41.2 Å². The summed E-state index contributed by atoms with van der Waals surface area (Å²) in [6.07, 6.45) is 4.51. The van der Waals surface area contributed by atoms with E-state index in [9.17, 15) is 4.79 Å². The summed E-state index contributed by atoms with van der Waals surface area (Å²) in [5, 5.41) is 7.35. The molecule has 1 aliphatic carbocycles. The third-order valence-corrected chi connectivity index (χ3v) is 3.51. The average molecular weight is 226 g/mol. The van der Waals surface area contributed by atoms with Gasteiger partial charge in [-0.2, -0.15) is 5.10 Å². The molecular weight excluding hydrogens is 212 g/mol. The van der Waals surface area contributed by atoms with Crippen molar-refractivity contribution in [2.75, 3.05) is 0 Å². The van der Waals surface area contributed by atoms with Gasteiger partial charge in [0.1, 0.15) is 5.69 Å². The van der Waals surface area contributed by atoms with Crippen LogP contribution in [0.2, 0.25) is 0 Å². The number of benzene rings is 1. The summed E-state index contributed by atoms with van der Waals surface area (Å²) < 4.78 is 0. The molecule has 1 aromatic carbocycles. The van der Waals surface area contributed by atoms with Crippen molar-refractivity contribution in [1.29, 1.82) is 0 Å². The molecule has 1 aliphatic rings. The van der Waals surface area contributed by atoms with Crippen molar-refractivity contribution in [2.45, 2.75) is 25.2 Å². The molecule has 0 aliphatic heterocycles. The van der Waals surface area contributed by atoms with Crippen molar-refractivity contribution in [3.63, 3.8) is 0 Å². The van der Waals surface area contributed by atoms with E-state index in [0.717, 1.165) is 41.6 Å². The van der Waals surface area contributed by atoms with Crippen molar-refractivity contribution in [1.82, 2.24) is 10.2 Å². The molecule has 1 aromatic heterocycles. The molecule has 3 nitrogen and oxygen atoms in total. The number of aromatic amines is 1. The zero-order valence-corrected chi connectivity index (χ0v) is 9.52. The minimum atomic E-state index is 0.500. The number of H-pyrrole nitrogens is 1. The fourth-order valence-electron chi connectivity index (χ4n) is 2.31. The van der Waals surface area contributed by atoms with Crippen molar-refractivity contribution >= 4 is 6.29 Å². The van der Waals surface area contributed by atoms with Crippen LogP contribution in [0, 0.1) is 0 Å². The molecule has 0 bridgehead atoms. The van der Waals surface area contributed by atoms with E-state index in [0.29, 0.717) is 5.92 Å². The SMILES string of the molecule is O=Cc1c(-c2ccccc2)n[nH]c1C1CCC1. The molecule has 0 atom stereocenters. The number of aromatic nitrogens is 2.